The SMILES string of the molecule is CCCc1ccc(Oc2cnccc2CO)cc1. The second-order valence-corrected chi connectivity index (χ2v) is 4.14. The predicted molar refractivity (Wildman–Crippen MR) is 70.7 cm³/mol. The van der Waals surface area contributed by atoms with Crippen molar-refractivity contribution in [2.75, 3.05) is 0 Å². The van der Waals surface area contributed by atoms with Gasteiger partial charge in [-0.05, 0) is 30.2 Å². The number of aromatic nitrogens is 1. The quantitative estimate of drug-likeness (QED) is 0.876. The van der Waals surface area contributed by atoms with Gasteiger partial charge >= 0.3 is 0 Å². The van der Waals surface area contributed by atoms with E-state index in [0.29, 0.717) is 5.75 Å². The number of benzene rings is 1. The van der Waals surface area contributed by atoms with Crippen LogP contribution in [0.25, 0.3) is 0 Å². The van der Waals surface area contributed by atoms with Crippen LogP contribution in [0.3, 0.4) is 0 Å². The van der Waals surface area contributed by atoms with E-state index < -0.39 is 0 Å². The van der Waals surface area contributed by atoms with Gasteiger partial charge in [0.1, 0.15) is 5.75 Å². The molecule has 3 nitrogen and oxygen atoms in total. The molecule has 1 N–H and O–H groups in total. The zero-order valence-corrected chi connectivity index (χ0v) is 10.5. The molecule has 94 valence electrons. The molecule has 1 aromatic carbocycles. The molecule has 1 heterocycles. The zero-order chi connectivity index (χ0) is 12.8. The van der Waals surface area contributed by atoms with Crippen LogP contribution in [0.2, 0.25) is 0 Å². The van der Waals surface area contributed by atoms with Gasteiger partial charge in [-0.3, -0.25) is 4.98 Å². The number of nitrogens with zero attached hydrogens (tertiary/aromatic N) is 1. The number of rotatable bonds is 5. The van der Waals surface area contributed by atoms with E-state index in [0.717, 1.165) is 24.2 Å². The maximum atomic E-state index is 9.20. The average molecular weight is 243 g/mol. The van der Waals surface area contributed by atoms with Crippen LogP contribution >= 0.6 is 0 Å². The highest BCUT2D eigenvalue weighted by Crippen LogP contribution is 2.24. The van der Waals surface area contributed by atoms with Crippen molar-refractivity contribution < 1.29 is 9.84 Å². The third-order valence-corrected chi connectivity index (χ3v) is 2.73. The summed E-state index contributed by atoms with van der Waals surface area (Å²) < 4.78 is 5.71. The number of hydrogen-bond acceptors (Lipinski definition) is 3. The summed E-state index contributed by atoms with van der Waals surface area (Å²) in [6.07, 6.45) is 5.47. The smallest absolute Gasteiger partial charge is 0.151 e. The molecular formula is C15H17NO2. The van der Waals surface area contributed by atoms with Gasteiger partial charge in [-0.25, -0.2) is 0 Å². The summed E-state index contributed by atoms with van der Waals surface area (Å²) in [5, 5.41) is 9.20. The molecule has 0 saturated carbocycles. The molecule has 0 fully saturated rings. The Morgan fingerprint density at radius 1 is 1.17 bits per heavy atom. The first-order chi connectivity index (χ1) is 8.83. The number of pyridine rings is 1. The van der Waals surface area contributed by atoms with Crippen molar-refractivity contribution in [3.63, 3.8) is 0 Å². The topological polar surface area (TPSA) is 42.4 Å². The Morgan fingerprint density at radius 3 is 2.61 bits per heavy atom. The van der Waals surface area contributed by atoms with Crippen LogP contribution in [0.15, 0.2) is 42.7 Å². The summed E-state index contributed by atoms with van der Waals surface area (Å²) in [5.74, 6) is 1.36. The highest BCUT2D eigenvalue weighted by atomic mass is 16.5. The average Bonchev–Trinajstić information content (AvgIpc) is 2.42. The van der Waals surface area contributed by atoms with E-state index in [1.54, 1.807) is 18.5 Å². The lowest BCUT2D eigenvalue weighted by Crippen LogP contribution is -1.92. The highest BCUT2D eigenvalue weighted by molar-refractivity contribution is 5.36. The second kappa shape index (κ2) is 6.17. The van der Waals surface area contributed by atoms with E-state index in [4.69, 9.17) is 4.74 Å². The highest BCUT2D eigenvalue weighted by Gasteiger charge is 2.03. The molecule has 0 amide bonds. The molecule has 0 aliphatic heterocycles. The monoisotopic (exact) mass is 243 g/mol. The first kappa shape index (κ1) is 12.6. The van der Waals surface area contributed by atoms with Gasteiger partial charge in [0.15, 0.2) is 5.75 Å². The van der Waals surface area contributed by atoms with E-state index >= 15 is 0 Å². The van der Waals surface area contributed by atoms with Crippen molar-refractivity contribution in [2.24, 2.45) is 0 Å². The molecule has 1 aromatic heterocycles. The molecule has 0 aliphatic carbocycles. The molecule has 0 radical (unpaired) electrons. The summed E-state index contributed by atoms with van der Waals surface area (Å²) in [5.41, 5.74) is 2.04. The van der Waals surface area contributed by atoms with Crippen LogP contribution in [-0.2, 0) is 13.0 Å². The number of aliphatic hydroxyl groups excluding tert-OH is 1. The lowest BCUT2D eigenvalue weighted by Gasteiger charge is -2.09. The molecule has 2 rings (SSSR count). The van der Waals surface area contributed by atoms with Gasteiger partial charge in [0.05, 0.1) is 12.8 Å². The van der Waals surface area contributed by atoms with E-state index in [-0.39, 0.29) is 6.61 Å². The third-order valence-electron chi connectivity index (χ3n) is 2.73. The van der Waals surface area contributed by atoms with E-state index in [2.05, 4.69) is 24.0 Å². The minimum atomic E-state index is -0.0498. The third kappa shape index (κ3) is 3.08. The van der Waals surface area contributed by atoms with E-state index in [1.807, 2.05) is 12.1 Å². The Morgan fingerprint density at radius 2 is 1.94 bits per heavy atom. The molecule has 0 unspecified atom stereocenters. The van der Waals surface area contributed by atoms with Crippen LogP contribution < -0.4 is 4.74 Å². The minimum absolute atomic E-state index is 0.0498. The lowest BCUT2D eigenvalue weighted by atomic mass is 10.1. The Bertz CT molecular complexity index is 494. The first-order valence-corrected chi connectivity index (χ1v) is 6.14. The Balaban J connectivity index is 2.13. The minimum Gasteiger partial charge on any atom is -0.455 e. The number of ether oxygens (including phenoxy) is 1. The van der Waals surface area contributed by atoms with E-state index in [1.165, 1.54) is 5.56 Å². The van der Waals surface area contributed by atoms with Gasteiger partial charge in [0, 0.05) is 11.8 Å². The van der Waals surface area contributed by atoms with Gasteiger partial charge in [0.25, 0.3) is 0 Å². The zero-order valence-electron chi connectivity index (χ0n) is 10.5. The first-order valence-electron chi connectivity index (χ1n) is 6.14. The van der Waals surface area contributed by atoms with Crippen LogP contribution in [0.1, 0.15) is 24.5 Å². The van der Waals surface area contributed by atoms with E-state index in [9.17, 15) is 5.11 Å². The second-order valence-electron chi connectivity index (χ2n) is 4.14. The van der Waals surface area contributed by atoms with Crippen LogP contribution in [0.4, 0.5) is 0 Å². The molecule has 0 saturated heterocycles. The number of hydrogen-bond donors (Lipinski definition) is 1. The molecule has 18 heavy (non-hydrogen) atoms. The van der Waals surface area contributed by atoms with Gasteiger partial charge < -0.3 is 9.84 Å². The van der Waals surface area contributed by atoms with Crippen LogP contribution in [0.5, 0.6) is 11.5 Å². The van der Waals surface area contributed by atoms with Gasteiger partial charge in [0.2, 0.25) is 0 Å². The summed E-state index contributed by atoms with van der Waals surface area (Å²) in [6, 6.07) is 9.76. The largest absolute Gasteiger partial charge is 0.455 e. The van der Waals surface area contributed by atoms with Crippen LogP contribution in [-0.4, -0.2) is 10.1 Å². The van der Waals surface area contributed by atoms with Gasteiger partial charge in [-0.15, -0.1) is 0 Å². The molecule has 3 heteroatoms. The van der Waals surface area contributed by atoms with Crippen molar-refractivity contribution in [1.82, 2.24) is 4.98 Å². The number of aryl methyl sites for hydroxylation is 1. The van der Waals surface area contributed by atoms with Crippen molar-refractivity contribution >= 4 is 0 Å². The maximum Gasteiger partial charge on any atom is 0.151 e. The summed E-state index contributed by atoms with van der Waals surface area (Å²) >= 11 is 0. The summed E-state index contributed by atoms with van der Waals surface area (Å²) in [7, 11) is 0. The van der Waals surface area contributed by atoms with Gasteiger partial charge in [-0.2, -0.15) is 0 Å². The molecule has 0 aliphatic rings. The van der Waals surface area contributed by atoms with Crippen molar-refractivity contribution in [3.05, 3.63) is 53.9 Å². The fraction of sp³-hybridized carbons (Fsp3) is 0.267. The summed E-state index contributed by atoms with van der Waals surface area (Å²) in [4.78, 5) is 4.00. The Hall–Kier alpha value is -1.87. The standard InChI is InChI=1S/C15H17NO2/c1-2-3-12-4-6-14(7-5-12)18-15-10-16-9-8-13(15)11-17/h4-10,17H,2-3,11H2,1H3. The van der Waals surface area contributed by atoms with Crippen molar-refractivity contribution in [1.29, 1.82) is 0 Å². The van der Waals surface area contributed by atoms with Crippen molar-refractivity contribution in [2.45, 2.75) is 26.4 Å². The Labute approximate surface area is 107 Å². The fourth-order valence-corrected chi connectivity index (χ4v) is 1.77. The molecule has 0 spiro atoms. The molecule has 0 atom stereocenters. The molecule has 2 aromatic rings. The fourth-order valence-electron chi connectivity index (χ4n) is 1.77. The van der Waals surface area contributed by atoms with Crippen molar-refractivity contribution in [3.8, 4) is 11.5 Å². The lowest BCUT2D eigenvalue weighted by molar-refractivity contribution is 0.276. The maximum absolute atomic E-state index is 9.20. The molecule has 0 bridgehead atoms. The predicted octanol–water partition coefficient (Wildman–Crippen LogP) is 3.32. The number of aliphatic hydroxyl groups is 1. The Kier molecular flexibility index (Phi) is 4.31. The van der Waals surface area contributed by atoms with Gasteiger partial charge in [-0.1, -0.05) is 25.5 Å². The summed E-state index contributed by atoms with van der Waals surface area (Å²) in [6.45, 7) is 2.11. The van der Waals surface area contributed by atoms with Crippen LogP contribution in [0, 0.1) is 0 Å². The normalized spacial score (nSPS) is 10.3. The molecular weight excluding hydrogens is 226 g/mol.